The standard InChI is InChI=1S/C21H22N4O4S/c1-14(26)24-8-10-25(11-9-24)17-5-3-16(4-6-17)22-21(30)23-20(27)15-2-7-18-19(12-15)29-13-28-18/h2-7,12H,8-11,13H2,1H3,(H2,22,23,27,30). The molecule has 0 aliphatic carbocycles. The number of hydrogen-bond donors (Lipinski definition) is 2. The average Bonchev–Trinajstić information content (AvgIpc) is 3.22. The van der Waals surface area contributed by atoms with Crippen LogP contribution >= 0.6 is 12.2 Å². The fraction of sp³-hybridized carbons (Fsp3) is 0.286. The van der Waals surface area contributed by atoms with Crippen molar-refractivity contribution >= 4 is 40.5 Å². The first-order chi connectivity index (χ1) is 14.5. The number of benzene rings is 2. The number of hydrogen-bond acceptors (Lipinski definition) is 6. The van der Waals surface area contributed by atoms with Crippen LogP contribution in [0.1, 0.15) is 17.3 Å². The highest BCUT2D eigenvalue weighted by Crippen LogP contribution is 2.32. The van der Waals surface area contributed by atoms with Crippen molar-refractivity contribution in [2.75, 3.05) is 43.2 Å². The third-order valence-electron chi connectivity index (χ3n) is 5.08. The summed E-state index contributed by atoms with van der Waals surface area (Å²) in [5.41, 5.74) is 2.29. The molecule has 0 bridgehead atoms. The maximum Gasteiger partial charge on any atom is 0.257 e. The summed E-state index contributed by atoms with van der Waals surface area (Å²) in [5.74, 6) is 0.951. The van der Waals surface area contributed by atoms with E-state index in [0.717, 1.165) is 37.6 Å². The van der Waals surface area contributed by atoms with Crippen LogP contribution in [0.4, 0.5) is 11.4 Å². The van der Waals surface area contributed by atoms with E-state index in [2.05, 4.69) is 15.5 Å². The molecule has 0 unspecified atom stereocenters. The third-order valence-corrected chi connectivity index (χ3v) is 5.28. The minimum atomic E-state index is -0.328. The summed E-state index contributed by atoms with van der Waals surface area (Å²) in [4.78, 5) is 28.0. The molecular weight excluding hydrogens is 404 g/mol. The summed E-state index contributed by atoms with van der Waals surface area (Å²) in [5, 5.41) is 5.89. The van der Waals surface area contributed by atoms with Gasteiger partial charge < -0.3 is 24.6 Å². The molecule has 8 nitrogen and oxygen atoms in total. The van der Waals surface area contributed by atoms with Gasteiger partial charge in [0, 0.05) is 50.0 Å². The molecule has 0 saturated carbocycles. The van der Waals surface area contributed by atoms with Gasteiger partial charge in [0.25, 0.3) is 5.91 Å². The second kappa shape index (κ2) is 8.58. The molecule has 0 aromatic heterocycles. The molecule has 2 amide bonds. The first-order valence-corrected chi connectivity index (χ1v) is 10.0. The van der Waals surface area contributed by atoms with Gasteiger partial charge in [0.05, 0.1) is 0 Å². The minimum absolute atomic E-state index is 0.116. The number of ether oxygens (including phenoxy) is 2. The maximum atomic E-state index is 12.4. The monoisotopic (exact) mass is 426 g/mol. The van der Waals surface area contributed by atoms with E-state index in [4.69, 9.17) is 21.7 Å². The molecule has 30 heavy (non-hydrogen) atoms. The Labute approximate surface area is 179 Å². The number of anilines is 2. The van der Waals surface area contributed by atoms with E-state index in [9.17, 15) is 9.59 Å². The number of amides is 2. The van der Waals surface area contributed by atoms with Crippen LogP contribution in [-0.4, -0.2) is 54.8 Å². The lowest BCUT2D eigenvalue weighted by Crippen LogP contribution is -2.48. The Morgan fingerprint density at radius 3 is 2.37 bits per heavy atom. The lowest BCUT2D eigenvalue weighted by molar-refractivity contribution is -0.129. The van der Waals surface area contributed by atoms with Crippen molar-refractivity contribution in [2.24, 2.45) is 0 Å². The van der Waals surface area contributed by atoms with Crippen LogP contribution in [0, 0.1) is 0 Å². The number of carbonyl (C=O) groups excluding carboxylic acids is 2. The minimum Gasteiger partial charge on any atom is -0.454 e. The van der Waals surface area contributed by atoms with Crippen molar-refractivity contribution in [3.63, 3.8) is 0 Å². The molecule has 0 spiro atoms. The molecule has 9 heteroatoms. The fourth-order valence-corrected chi connectivity index (χ4v) is 3.62. The van der Waals surface area contributed by atoms with E-state index in [0.29, 0.717) is 17.1 Å². The van der Waals surface area contributed by atoms with E-state index in [1.165, 1.54) is 0 Å². The molecule has 156 valence electrons. The van der Waals surface area contributed by atoms with E-state index in [1.807, 2.05) is 29.2 Å². The van der Waals surface area contributed by atoms with Crippen LogP contribution in [0.25, 0.3) is 0 Å². The fourth-order valence-electron chi connectivity index (χ4n) is 3.41. The quantitative estimate of drug-likeness (QED) is 0.728. The van der Waals surface area contributed by atoms with Crippen molar-refractivity contribution in [1.82, 2.24) is 10.2 Å². The number of fused-ring (bicyclic) bond motifs is 1. The zero-order valence-electron chi connectivity index (χ0n) is 16.5. The summed E-state index contributed by atoms with van der Waals surface area (Å²) >= 11 is 5.26. The van der Waals surface area contributed by atoms with Crippen LogP contribution < -0.4 is 25.0 Å². The summed E-state index contributed by atoms with van der Waals surface area (Å²) in [6.07, 6.45) is 0. The van der Waals surface area contributed by atoms with Crippen molar-refractivity contribution in [3.8, 4) is 11.5 Å². The molecule has 2 aromatic carbocycles. The molecule has 4 rings (SSSR count). The highest BCUT2D eigenvalue weighted by Gasteiger charge is 2.19. The van der Waals surface area contributed by atoms with Crippen molar-refractivity contribution in [2.45, 2.75) is 6.92 Å². The van der Waals surface area contributed by atoms with Crippen LogP contribution in [0.5, 0.6) is 11.5 Å². The number of rotatable bonds is 3. The topological polar surface area (TPSA) is 83.1 Å². The van der Waals surface area contributed by atoms with Gasteiger partial charge in [-0.05, 0) is 54.7 Å². The molecule has 1 saturated heterocycles. The third kappa shape index (κ3) is 4.46. The second-order valence-electron chi connectivity index (χ2n) is 7.02. The Kier molecular flexibility index (Phi) is 5.71. The van der Waals surface area contributed by atoms with Gasteiger partial charge in [-0.25, -0.2) is 0 Å². The summed E-state index contributed by atoms with van der Waals surface area (Å²) in [6, 6.07) is 12.8. The van der Waals surface area contributed by atoms with Gasteiger partial charge in [-0.1, -0.05) is 0 Å². The van der Waals surface area contributed by atoms with E-state index >= 15 is 0 Å². The molecule has 0 radical (unpaired) electrons. The van der Waals surface area contributed by atoms with Crippen molar-refractivity contribution in [3.05, 3.63) is 48.0 Å². The first kappa shape index (κ1) is 20.0. The Morgan fingerprint density at radius 1 is 0.967 bits per heavy atom. The van der Waals surface area contributed by atoms with Crippen LogP contribution in [0.15, 0.2) is 42.5 Å². The zero-order valence-corrected chi connectivity index (χ0v) is 17.3. The first-order valence-electron chi connectivity index (χ1n) is 9.62. The van der Waals surface area contributed by atoms with Gasteiger partial charge in [0.15, 0.2) is 16.6 Å². The highest BCUT2D eigenvalue weighted by atomic mass is 32.1. The average molecular weight is 426 g/mol. The number of nitrogens with zero attached hydrogens (tertiary/aromatic N) is 2. The zero-order chi connectivity index (χ0) is 21.1. The largest absolute Gasteiger partial charge is 0.454 e. The molecule has 2 aliphatic heterocycles. The Morgan fingerprint density at radius 2 is 1.67 bits per heavy atom. The summed E-state index contributed by atoms with van der Waals surface area (Å²) in [6.45, 7) is 4.82. The number of nitrogens with one attached hydrogen (secondary N) is 2. The van der Waals surface area contributed by atoms with Crippen LogP contribution in [0.3, 0.4) is 0 Å². The van der Waals surface area contributed by atoms with Crippen molar-refractivity contribution < 1.29 is 19.1 Å². The van der Waals surface area contributed by atoms with E-state index in [-0.39, 0.29) is 23.7 Å². The predicted octanol–water partition coefficient (Wildman–Crippen LogP) is 2.21. The molecule has 2 aromatic rings. The van der Waals surface area contributed by atoms with Gasteiger partial charge in [0.2, 0.25) is 12.7 Å². The van der Waals surface area contributed by atoms with E-state index in [1.54, 1.807) is 25.1 Å². The van der Waals surface area contributed by atoms with Crippen LogP contribution in [0.2, 0.25) is 0 Å². The molecule has 2 N–H and O–H groups in total. The molecular formula is C21H22N4O4S. The molecule has 1 fully saturated rings. The molecule has 2 aliphatic rings. The Balaban J connectivity index is 1.30. The van der Waals surface area contributed by atoms with Crippen molar-refractivity contribution in [1.29, 1.82) is 0 Å². The normalized spacial score (nSPS) is 15.0. The number of piperazine rings is 1. The van der Waals surface area contributed by atoms with Gasteiger partial charge in [-0.2, -0.15) is 0 Å². The second-order valence-corrected chi connectivity index (χ2v) is 7.42. The number of carbonyl (C=O) groups is 2. The van der Waals surface area contributed by atoms with Gasteiger partial charge in [-0.15, -0.1) is 0 Å². The van der Waals surface area contributed by atoms with Gasteiger partial charge in [0.1, 0.15) is 0 Å². The maximum absolute atomic E-state index is 12.4. The smallest absolute Gasteiger partial charge is 0.257 e. The number of thiocarbonyl (C=S) groups is 1. The highest BCUT2D eigenvalue weighted by molar-refractivity contribution is 7.80. The molecule has 0 atom stereocenters. The van der Waals surface area contributed by atoms with E-state index < -0.39 is 0 Å². The van der Waals surface area contributed by atoms with Gasteiger partial charge in [-0.3, -0.25) is 14.9 Å². The SMILES string of the molecule is CC(=O)N1CCN(c2ccc(NC(=S)NC(=O)c3ccc4c(c3)OCO4)cc2)CC1. The lowest BCUT2D eigenvalue weighted by atomic mass is 10.2. The van der Waals surface area contributed by atoms with Crippen LogP contribution in [-0.2, 0) is 4.79 Å². The molecule has 2 heterocycles. The Hall–Kier alpha value is -3.33. The lowest BCUT2D eigenvalue weighted by Gasteiger charge is -2.35. The van der Waals surface area contributed by atoms with Gasteiger partial charge >= 0.3 is 0 Å². The Bertz CT molecular complexity index is 971. The summed E-state index contributed by atoms with van der Waals surface area (Å²) in [7, 11) is 0. The summed E-state index contributed by atoms with van der Waals surface area (Å²) < 4.78 is 10.5. The predicted molar refractivity (Wildman–Crippen MR) is 117 cm³/mol.